The second kappa shape index (κ2) is 16.9. The van der Waals surface area contributed by atoms with Crippen LogP contribution >= 0.6 is 0 Å². The summed E-state index contributed by atoms with van der Waals surface area (Å²) in [7, 11) is 1.28. The highest BCUT2D eigenvalue weighted by atomic mass is 16.5. The lowest BCUT2D eigenvalue weighted by atomic mass is 9.93. The van der Waals surface area contributed by atoms with Crippen molar-refractivity contribution in [3.05, 3.63) is 96.1 Å². The molecule has 42 heavy (non-hydrogen) atoms. The number of aliphatic hydroxyl groups is 1. The lowest BCUT2D eigenvalue weighted by Gasteiger charge is -2.29. The van der Waals surface area contributed by atoms with E-state index in [-0.39, 0.29) is 37.1 Å². The summed E-state index contributed by atoms with van der Waals surface area (Å²) in [5, 5.41) is 17.4. The number of esters is 1. The van der Waals surface area contributed by atoms with Crippen molar-refractivity contribution in [3.8, 4) is 11.5 Å². The zero-order chi connectivity index (χ0) is 30.3. The average molecular weight is 575 g/mol. The van der Waals surface area contributed by atoms with Crippen molar-refractivity contribution in [3.63, 3.8) is 0 Å². The highest BCUT2D eigenvalue weighted by Crippen LogP contribution is 2.22. The largest absolute Gasteiger partial charge is 0.469 e. The number of hydrogen-bond acceptors (Lipinski definition) is 6. The van der Waals surface area contributed by atoms with Crippen molar-refractivity contribution < 1.29 is 29.0 Å². The highest BCUT2D eigenvalue weighted by molar-refractivity contribution is 5.94. The predicted octanol–water partition coefficient (Wildman–Crippen LogP) is 5.45. The van der Waals surface area contributed by atoms with E-state index in [0.717, 1.165) is 12.0 Å². The number of carbonyl (C=O) groups is 3. The number of aliphatic hydroxyl groups excluding tert-OH is 1. The Hall–Kier alpha value is -4.17. The van der Waals surface area contributed by atoms with E-state index in [4.69, 9.17) is 4.74 Å². The molecule has 0 heterocycles. The van der Waals surface area contributed by atoms with Gasteiger partial charge in [-0.05, 0) is 67.5 Å². The third-order valence-corrected chi connectivity index (χ3v) is 6.92. The SMILES string of the molecule is COC(=O)CCC(=O)N[C@@H](Cc1ccccc1)[C@@H](O)C[C@H](CCC(C)C)NC(=O)c1cccc(Oc2ccccc2)c1. The van der Waals surface area contributed by atoms with Crippen molar-refractivity contribution in [2.75, 3.05) is 7.11 Å². The second-order valence-corrected chi connectivity index (χ2v) is 10.8. The maximum atomic E-state index is 13.3. The molecular formula is C34H42N2O6. The van der Waals surface area contributed by atoms with Gasteiger partial charge < -0.3 is 25.2 Å². The molecule has 3 atom stereocenters. The zero-order valence-electron chi connectivity index (χ0n) is 24.6. The standard InChI is InChI=1S/C34H42N2O6/c1-24(2)17-18-27(35-34(40)26-13-10-16-29(22-26)42-28-14-8-5-9-15-28)23-31(37)30(21-25-11-6-4-7-12-25)36-32(38)19-20-33(39)41-3/h4-16,22,24,27,30-31,37H,17-21,23H2,1-3H3,(H,35,40)(H,36,38)/t27-,30-,31-/m0/s1. The first-order chi connectivity index (χ1) is 20.2. The zero-order valence-corrected chi connectivity index (χ0v) is 24.6. The fourth-order valence-corrected chi connectivity index (χ4v) is 4.58. The summed E-state index contributed by atoms with van der Waals surface area (Å²) >= 11 is 0. The molecule has 0 aliphatic heterocycles. The molecule has 3 aromatic rings. The lowest BCUT2D eigenvalue weighted by Crippen LogP contribution is -2.48. The molecule has 0 aliphatic rings. The van der Waals surface area contributed by atoms with Gasteiger partial charge in [-0.3, -0.25) is 14.4 Å². The topological polar surface area (TPSA) is 114 Å². The van der Waals surface area contributed by atoms with Gasteiger partial charge in [-0.25, -0.2) is 0 Å². The van der Waals surface area contributed by atoms with E-state index >= 15 is 0 Å². The average Bonchev–Trinajstić information content (AvgIpc) is 2.99. The van der Waals surface area contributed by atoms with Crippen LogP contribution in [0.4, 0.5) is 0 Å². The lowest BCUT2D eigenvalue weighted by molar-refractivity contribution is -0.142. The monoisotopic (exact) mass is 574 g/mol. The van der Waals surface area contributed by atoms with E-state index in [2.05, 4.69) is 29.2 Å². The summed E-state index contributed by atoms with van der Waals surface area (Å²) in [5.74, 6) is 0.535. The summed E-state index contributed by atoms with van der Waals surface area (Å²) in [6.07, 6.45) is 1.12. The van der Waals surface area contributed by atoms with E-state index in [9.17, 15) is 19.5 Å². The Bertz CT molecular complexity index is 1270. The first-order valence-electron chi connectivity index (χ1n) is 14.5. The Morgan fingerprint density at radius 3 is 2.14 bits per heavy atom. The molecule has 2 amide bonds. The van der Waals surface area contributed by atoms with Crippen LogP contribution in [0.15, 0.2) is 84.9 Å². The molecule has 0 fully saturated rings. The van der Waals surface area contributed by atoms with Gasteiger partial charge in [0.1, 0.15) is 11.5 Å². The van der Waals surface area contributed by atoms with Gasteiger partial charge in [0, 0.05) is 18.0 Å². The van der Waals surface area contributed by atoms with Crippen molar-refractivity contribution in [2.45, 2.75) is 70.6 Å². The van der Waals surface area contributed by atoms with E-state index in [0.29, 0.717) is 35.8 Å². The molecule has 0 aromatic heterocycles. The van der Waals surface area contributed by atoms with Crippen LogP contribution in [0.5, 0.6) is 11.5 Å². The van der Waals surface area contributed by atoms with Crippen LogP contribution in [0.1, 0.15) is 61.9 Å². The second-order valence-electron chi connectivity index (χ2n) is 10.8. The summed E-state index contributed by atoms with van der Waals surface area (Å²) < 4.78 is 10.5. The Kier molecular flexibility index (Phi) is 13.0. The van der Waals surface area contributed by atoms with Gasteiger partial charge in [0.25, 0.3) is 5.91 Å². The third kappa shape index (κ3) is 11.4. The van der Waals surface area contributed by atoms with Gasteiger partial charge in [0.2, 0.25) is 5.91 Å². The normalized spacial score (nSPS) is 13.1. The molecular weight excluding hydrogens is 532 g/mol. The van der Waals surface area contributed by atoms with Gasteiger partial charge >= 0.3 is 5.97 Å². The van der Waals surface area contributed by atoms with E-state index in [1.54, 1.807) is 24.3 Å². The molecule has 0 radical (unpaired) electrons. The predicted molar refractivity (Wildman–Crippen MR) is 162 cm³/mol. The van der Waals surface area contributed by atoms with Crippen molar-refractivity contribution >= 4 is 17.8 Å². The first kappa shape index (κ1) is 32.3. The molecule has 0 saturated heterocycles. The van der Waals surface area contributed by atoms with Crippen LogP contribution in [0.2, 0.25) is 0 Å². The van der Waals surface area contributed by atoms with Gasteiger partial charge in [-0.2, -0.15) is 0 Å². The Labute approximate surface area is 248 Å². The number of para-hydroxylation sites is 1. The summed E-state index contributed by atoms with van der Waals surface area (Å²) in [5.41, 5.74) is 1.40. The Balaban J connectivity index is 1.72. The van der Waals surface area contributed by atoms with E-state index in [1.165, 1.54) is 7.11 Å². The molecule has 0 saturated carbocycles. The van der Waals surface area contributed by atoms with Crippen LogP contribution in [0.25, 0.3) is 0 Å². The molecule has 224 valence electrons. The number of carbonyl (C=O) groups excluding carboxylic acids is 3. The molecule has 8 nitrogen and oxygen atoms in total. The summed E-state index contributed by atoms with van der Waals surface area (Å²) in [6.45, 7) is 4.22. The third-order valence-electron chi connectivity index (χ3n) is 6.92. The van der Waals surface area contributed by atoms with Gasteiger partial charge in [-0.1, -0.05) is 68.4 Å². The molecule has 3 rings (SSSR count). The number of methoxy groups -OCH3 is 1. The molecule has 0 unspecified atom stereocenters. The maximum absolute atomic E-state index is 13.3. The smallest absolute Gasteiger partial charge is 0.306 e. The molecule has 3 N–H and O–H groups in total. The van der Waals surface area contributed by atoms with Crippen LogP contribution in [-0.4, -0.2) is 48.2 Å². The van der Waals surface area contributed by atoms with E-state index in [1.807, 2.05) is 60.7 Å². The molecule has 8 heteroatoms. The summed E-state index contributed by atoms with van der Waals surface area (Å²) in [6, 6.07) is 25.0. The molecule has 0 aliphatic carbocycles. The van der Waals surface area contributed by atoms with Crippen LogP contribution in [0.3, 0.4) is 0 Å². The number of rotatable bonds is 16. The number of benzene rings is 3. The fourth-order valence-electron chi connectivity index (χ4n) is 4.58. The van der Waals surface area contributed by atoms with Crippen molar-refractivity contribution in [1.29, 1.82) is 0 Å². The minimum Gasteiger partial charge on any atom is -0.469 e. The first-order valence-corrected chi connectivity index (χ1v) is 14.5. The molecule has 0 spiro atoms. The summed E-state index contributed by atoms with van der Waals surface area (Å²) in [4.78, 5) is 37.6. The number of hydrogen-bond donors (Lipinski definition) is 3. The van der Waals surface area contributed by atoms with Crippen molar-refractivity contribution in [1.82, 2.24) is 10.6 Å². The van der Waals surface area contributed by atoms with Crippen molar-refractivity contribution in [2.24, 2.45) is 5.92 Å². The van der Waals surface area contributed by atoms with Crippen LogP contribution < -0.4 is 15.4 Å². The van der Waals surface area contributed by atoms with E-state index < -0.39 is 18.1 Å². The maximum Gasteiger partial charge on any atom is 0.306 e. The Morgan fingerprint density at radius 2 is 1.48 bits per heavy atom. The minimum absolute atomic E-state index is 0.0421. The number of ether oxygens (including phenoxy) is 2. The van der Waals surface area contributed by atoms with Crippen LogP contribution in [0, 0.1) is 5.92 Å². The van der Waals surface area contributed by atoms with Gasteiger partial charge in [0.05, 0.1) is 25.7 Å². The quantitative estimate of drug-likeness (QED) is 0.196. The fraction of sp³-hybridized carbons (Fsp3) is 0.382. The molecule has 3 aromatic carbocycles. The van der Waals surface area contributed by atoms with Crippen LogP contribution in [-0.2, 0) is 20.7 Å². The number of amides is 2. The highest BCUT2D eigenvalue weighted by Gasteiger charge is 2.26. The minimum atomic E-state index is -0.947. The van der Waals surface area contributed by atoms with Gasteiger partial charge in [0.15, 0.2) is 0 Å². The van der Waals surface area contributed by atoms with Gasteiger partial charge in [-0.15, -0.1) is 0 Å². The Morgan fingerprint density at radius 1 is 0.810 bits per heavy atom. The molecule has 0 bridgehead atoms. The number of nitrogens with one attached hydrogen (secondary N) is 2.